The van der Waals surface area contributed by atoms with E-state index >= 15 is 0 Å². The molecule has 0 atom stereocenters. The van der Waals surface area contributed by atoms with Crippen molar-refractivity contribution >= 4 is 29.5 Å². The molecule has 0 unspecified atom stereocenters. The van der Waals surface area contributed by atoms with Crippen molar-refractivity contribution < 1.29 is 9.18 Å². The van der Waals surface area contributed by atoms with Crippen LogP contribution in [0, 0.1) is 10.5 Å². The number of benzene rings is 1. The number of carbonyl (C=O) groups is 1. The van der Waals surface area contributed by atoms with Crippen LogP contribution >= 0.6 is 23.6 Å². The Labute approximate surface area is 172 Å². The summed E-state index contributed by atoms with van der Waals surface area (Å²) in [7, 11) is 0. The van der Waals surface area contributed by atoms with Gasteiger partial charge in [-0.3, -0.25) is 9.69 Å². The van der Waals surface area contributed by atoms with E-state index in [0.717, 1.165) is 30.1 Å². The topological polar surface area (TPSA) is 39.3 Å². The van der Waals surface area contributed by atoms with E-state index in [1.54, 1.807) is 41.8 Å². The third-order valence-electron chi connectivity index (χ3n) is 4.86. The highest BCUT2D eigenvalue weighted by Crippen LogP contribution is 2.29. The zero-order chi connectivity index (χ0) is 19.5. The number of nitrogens with zero attached hydrogens (tertiary/aromatic N) is 2. The number of piperazine rings is 1. The highest BCUT2D eigenvalue weighted by atomic mass is 32.1. The molecule has 1 aliphatic rings. The molecule has 0 radical (unpaired) electrons. The van der Waals surface area contributed by atoms with Gasteiger partial charge >= 0.3 is 0 Å². The average Bonchev–Trinajstić information content (AvgIpc) is 3.17. The molecular weight excluding hydrogens is 393 g/mol. The van der Waals surface area contributed by atoms with Gasteiger partial charge in [0.1, 0.15) is 10.5 Å². The summed E-state index contributed by atoms with van der Waals surface area (Å²) < 4.78 is 13.9. The van der Waals surface area contributed by atoms with Crippen molar-refractivity contribution in [2.75, 3.05) is 26.2 Å². The number of hydrogen-bond donors (Lipinski definition) is 1. The molecule has 4 rings (SSSR count). The van der Waals surface area contributed by atoms with Gasteiger partial charge in [0.05, 0.1) is 5.56 Å². The van der Waals surface area contributed by atoms with E-state index in [4.69, 9.17) is 12.2 Å². The van der Waals surface area contributed by atoms with E-state index in [0.29, 0.717) is 23.3 Å². The van der Waals surface area contributed by atoms with Gasteiger partial charge < -0.3 is 9.88 Å². The number of pyridine rings is 1. The summed E-state index contributed by atoms with van der Waals surface area (Å²) in [5.41, 5.74) is 1.47. The van der Waals surface area contributed by atoms with Crippen molar-refractivity contribution in [1.29, 1.82) is 0 Å². The number of aromatic amines is 1. The van der Waals surface area contributed by atoms with Crippen LogP contribution in [0.3, 0.4) is 0 Å². The Morgan fingerprint density at radius 2 is 1.93 bits per heavy atom. The fraction of sp³-hybridized carbons (Fsp3) is 0.238. The highest BCUT2D eigenvalue weighted by molar-refractivity contribution is 7.71. The Balaban J connectivity index is 1.36. The lowest BCUT2D eigenvalue weighted by molar-refractivity contribution is 0.0628. The number of amides is 1. The van der Waals surface area contributed by atoms with Crippen molar-refractivity contribution in [1.82, 2.24) is 14.8 Å². The number of halogens is 1. The van der Waals surface area contributed by atoms with Crippen LogP contribution in [0.15, 0.2) is 54.7 Å². The number of carbonyl (C=O) groups excluding carboxylic acids is 1. The van der Waals surface area contributed by atoms with Crippen molar-refractivity contribution in [3.05, 3.63) is 75.6 Å². The molecule has 0 spiro atoms. The summed E-state index contributed by atoms with van der Waals surface area (Å²) in [4.78, 5) is 22.1. The first-order valence-electron chi connectivity index (χ1n) is 9.14. The number of H-pyrrole nitrogens is 1. The largest absolute Gasteiger partial charge is 0.352 e. The lowest BCUT2D eigenvalue weighted by Gasteiger charge is -2.34. The number of hydrogen-bond acceptors (Lipinski definition) is 4. The van der Waals surface area contributed by atoms with Crippen LogP contribution in [0.1, 0.15) is 15.2 Å². The van der Waals surface area contributed by atoms with Gasteiger partial charge in [-0.25, -0.2) is 4.39 Å². The van der Waals surface area contributed by atoms with Crippen molar-refractivity contribution in [2.24, 2.45) is 0 Å². The minimum atomic E-state index is -0.216. The van der Waals surface area contributed by atoms with Gasteiger partial charge in [-0.05, 0) is 42.0 Å². The maximum Gasteiger partial charge on any atom is 0.256 e. The fourth-order valence-corrected chi connectivity index (χ4v) is 4.62. The van der Waals surface area contributed by atoms with E-state index in [-0.39, 0.29) is 11.7 Å². The van der Waals surface area contributed by atoms with Gasteiger partial charge in [0.15, 0.2) is 0 Å². The molecule has 3 heterocycles. The summed E-state index contributed by atoms with van der Waals surface area (Å²) in [6.45, 7) is 3.85. The van der Waals surface area contributed by atoms with Crippen LogP contribution in [0.5, 0.6) is 0 Å². The molecular formula is C21H20FN3OS2. The number of nitrogens with one attached hydrogen (secondary N) is 1. The van der Waals surface area contributed by atoms with Gasteiger partial charge in [0, 0.05) is 48.7 Å². The predicted octanol–water partition coefficient (Wildman–Crippen LogP) is 4.57. The average molecular weight is 414 g/mol. The molecule has 0 aliphatic carbocycles. The molecule has 3 aromatic rings. The monoisotopic (exact) mass is 413 g/mol. The molecule has 0 bridgehead atoms. The molecule has 0 saturated carbocycles. The maximum absolute atomic E-state index is 13.4. The summed E-state index contributed by atoms with van der Waals surface area (Å²) in [6, 6.07) is 14.4. The fourth-order valence-electron chi connectivity index (χ4n) is 3.35. The summed E-state index contributed by atoms with van der Waals surface area (Å²) in [6.07, 6.45) is 1.73. The molecule has 1 aliphatic heterocycles. The number of aromatic nitrogens is 1. The van der Waals surface area contributed by atoms with Gasteiger partial charge in [0.2, 0.25) is 0 Å². The lowest BCUT2D eigenvalue weighted by atomic mass is 10.2. The van der Waals surface area contributed by atoms with E-state index in [9.17, 15) is 9.18 Å². The Kier molecular flexibility index (Phi) is 5.66. The Hall–Kier alpha value is -2.35. The first kappa shape index (κ1) is 19.0. The molecule has 4 nitrogen and oxygen atoms in total. The third kappa shape index (κ3) is 4.22. The molecule has 1 fully saturated rings. The summed E-state index contributed by atoms with van der Waals surface area (Å²) in [5, 5.41) is 0. The van der Waals surface area contributed by atoms with Gasteiger partial charge in [-0.2, -0.15) is 0 Å². The van der Waals surface area contributed by atoms with Gasteiger partial charge in [-0.1, -0.05) is 24.4 Å². The number of thiophene rings is 1. The van der Waals surface area contributed by atoms with Crippen molar-refractivity contribution in [3.8, 4) is 10.4 Å². The maximum atomic E-state index is 13.4. The number of rotatable bonds is 4. The Bertz CT molecular complexity index is 1040. The van der Waals surface area contributed by atoms with Crippen LogP contribution in [0.25, 0.3) is 10.4 Å². The summed E-state index contributed by atoms with van der Waals surface area (Å²) in [5.74, 6) is -0.225. The highest BCUT2D eigenvalue weighted by Gasteiger charge is 2.23. The standard InChI is InChI=1S/C21H20FN3OS2/c22-16-4-1-3-15(13-16)19-7-6-17(28-19)14-24-9-11-25(12-10-24)21(26)18-5-2-8-23-20(18)27/h1-8,13H,9-12,14H2,(H,23,27). The van der Waals surface area contributed by atoms with E-state index in [1.165, 1.54) is 10.9 Å². The van der Waals surface area contributed by atoms with Crippen LogP contribution in [-0.4, -0.2) is 46.9 Å². The van der Waals surface area contributed by atoms with Crippen LogP contribution in [0.2, 0.25) is 0 Å². The predicted molar refractivity (Wildman–Crippen MR) is 113 cm³/mol. The normalized spacial score (nSPS) is 15.0. The SMILES string of the molecule is O=C(c1ccc[nH]c1=S)N1CCN(Cc2ccc(-c3cccc(F)c3)s2)CC1. The van der Waals surface area contributed by atoms with Gasteiger partial charge in [0.25, 0.3) is 5.91 Å². The summed E-state index contributed by atoms with van der Waals surface area (Å²) >= 11 is 6.91. The molecule has 144 valence electrons. The van der Waals surface area contributed by atoms with E-state index in [2.05, 4.69) is 16.0 Å². The molecule has 1 amide bonds. The Morgan fingerprint density at radius 3 is 2.68 bits per heavy atom. The molecule has 1 aromatic carbocycles. The third-order valence-corrected chi connectivity index (χ3v) is 6.32. The molecule has 28 heavy (non-hydrogen) atoms. The molecule has 7 heteroatoms. The minimum absolute atomic E-state index is 0.00832. The van der Waals surface area contributed by atoms with Crippen LogP contribution in [-0.2, 0) is 6.54 Å². The molecule has 1 N–H and O–H groups in total. The second kappa shape index (κ2) is 8.34. The first-order chi connectivity index (χ1) is 13.6. The van der Waals surface area contributed by atoms with Crippen molar-refractivity contribution in [2.45, 2.75) is 6.54 Å². The minimum Gasteiger partial charge on any atom is -0.352 e. The second-order valence-electron chi connectivity index (χ2n) is 6.76. The quantitative estimate of drug-likeness (QED) is 0.637. The second-order valence-corrected chi connectivity index (χ2v) is 8.33. The lowest BCUT2D eigenvalue weighted by Crippen LogP contribution is -2.48. The zero-order valence-corrected chi connectivity index (χ0v) is 16.9. The van der Waals surface area contributed by atoms with Crippen LogP contribution < -0.4 is 0 Å². The van der Waals surface area contributed by atoms with E-state index in [1.807, 2.05) is 17.0 Å². The van der Waals surface area contributed by atoms with Crippen LogP contribution in [0.4, 0.5) is 4.39 Å². The van der Waals surface area contributed by atoms with Crippen molar-refractivity contribution in [3.63, 3.8) is 0 Å². The molecule has 2 aromatic heterocycles. The first-order valence-corrected chi connectivity index (χ1v) is 10.4. The van der Waals surface area contributed by atoms with Gasteiger partial charge in [-0.15, -0.1) is 11.3 Å². The Morgan fingerprint density at radius 1 is 1.11 bits per heavy atom. The smallest absolute Gasteiger partial charge is 0.256 e. The van der Waals surface area contributed by atoms with E-state index < -0.39 is 0 Å². The zero-order valence-electron chi connectivity index (χ0n) is 15.2. The molecule has 1 saturated heterocycles.